The second-order valence-electron chi connectivity index (χ2n) is 1.53. The van der Waals surface area contributed by atoms with Crippen LogP contribution in [0.25, 0.3) is 0 Å². The lowest BCUT2D eigenvalue weighted by atomic mass is 10.3. The lowest BCUT2D eigenvalue weighted by molar-refractivity contribution is -0.299. The number of carbonyl (C=O) groups excluding carboxylic acids is 1. The molecule has 0 saturated carbocycles. The van der Waals surface area contributed by atoms with Gasteiger partial charge in [0.05, 0.1) is 12.6 Å². The summed E-state index contributed by atoms with van der Waals surface area (Å²) < 4.78 is 4.74. The molecule has 0 saturated heterocycles. The van der Waals surface area contributed by atoms with E-state index in [1.54, 1.807) is 6.92 Å². The summed E-state index contributed by atoms with van der Waals surface area (Å²) in [4.78, 5) is 9.91. The van der Waals surface area contributed by atoms with Gasteiger partial charge in [0.2, 0.25) is 0 Å². The summed E-state index contributed by atoms with van der Waals surface area (Å²) in [6, 6.07) is 0. The first-order valence-electron chi connectivity index (χ1n) is 2.65. The molecule has 0 atom stereocenters. The number of hydrogen-bond acceptors (Lipinski definition) is 3. The third-order valence-electron chi connectivity index (χ3n) is 0.769. The lowest BCUT2D eigenvalue weighted by Gasteiger charge is -2.04. The monoisotopic (exact) mass is 129 g/mol. The highest BCUT2D eigenvalue weighted by atomic mass is 16.5. The van der Waals surface area contributed by atoms with E-state index in [1.165, 1.54) is 0 Å². The molecule has 0 amide bonds. The van der Waals surface area contributed by atoms with E-state index in [1.807, 2.05) is 0 Å². The number of carboxylic acid groups (broad SMARTS) is 1. The minimum absolute atomic E-state index is 0.0168. The first kappa shape index (κ1) is 8.17. The van der Waals surface area contributed by atoms with Crippen molar-refractivity contribution in [3.8, 4) is 0 Å². The molecule has 0 bridgehead atoms. The van der Waals surface area contributed by atoms with Gasteiger partial charge in [-0.1, -0.05) is 6.58 Å². The average molecular weight is 129 g/mol. The summed E-state index contributed by atoms with van der Waals surface area (Å²) in [6.07, 6.45) is 0. The molecule has 0 aliphatic heterocycles. The van der Waals surface area contributed by atoms with Gasteiger partial charge in [0, 0.05) is 6.61 Å². The molecule has 0 aromatic rings. The van der Waals surface area contributed by atoms with Crippen molar-refractivity contribution in [2.24, 2.45) is 0 Å². The Kier molecular flexibility index (Phi) is 3.71. The fraction of sp³-hybridized carbons (Fsp3) is 0.500. The molecule has 52 valence electrons. The van der Waals surface area contributed by atoms with Gasteiger partial charge in [-0.05, 0) is 12.5 Å². The highest BCUT2D eigenvalue weighted by molar-refractivity contribution is 5.84. The predicted molar refractivity (Wildman–Crippen MR) is 30.6 cm³/mol. The largest absolute Gasteiger partial charge is 0.545 e. The topological polar surface area (TPSA) is 49.4 Å². The normalized spacial score (nSPS) is 9.00. The quantitative estimate of drug-likeness (QED) is 0.473. The van der Waals surface area contributed by atoms with E-state index in [4.69, 9.17) is 4.74 Å². The highest BCUT2D eigenvalue weighted by Crippen LogP contribution is 1.87. The Bertz CT molecular complexity index is 117. The van der Waals surface area contributed by atoms with Crippen LogP contribution in [-0.4, -0.2) is 19.2 Å². The zero-order chi connectivity index (χ0) is 7.28. The number of ether oxygens (including phenoxy) is 1. The maximum atomic E-state index is 9.91. The molecule has 0 rings (SSSR count). The van der Waals surface area contributed by atoms with Crippen LogP contribution in [0.5, 0.6) is 0 Å². The number of rotatable bonds is 4. The Balaban J connectivity index is 3.39. The Morgan fingerprint density at radius 1 is 1.78 bits per heavy atom. The van der Waals surface area contributed by atoms with Crippen LogP contribution < -0.4 is 5.11 Å². The van der Waals surface area contributed by atoms with Gasteiger partial charge in [0.25, 0.3) is 0 Å². The van der Waals surface area contributed by atoms with Crippen LogP contribution in [0.3, 0.4) is 0 Å². The zero-order valence-electron chi connectivity index (χ0n) is 5.35. The van der Waals surface area contributed by atoms with Crippen LogP contribution in [0.1, 0.15) is 6.92 Å². The van der Waals surface area contributed by atoms with Crippen LogP contribution >= 0.6 is 0 Å². The molecule has 0 unspecified atom stereocenters. The third-order valence-corrected chi connectivity index (χ3v) is 0.769. The molecule has 0 aliphatic rings. The van der Waals surface area contributed by atoms with Gasteiger partial charge in [0.15, 0.2) is 0 Å². The Morgan fingerprint density at radius 2 is 2.33 bits per heavy atom. The van der Waals surface area contributed by atoms with E-state index in [0.29, 0.717) is 6.61 Å². The summed E-state index contributed by atoms with van der Waals surface area (Å²) in [5, 5.41) is 9.91. The molecule has 0 aromatic heterocycles. The standard InChI is InChI=1S/C6H10O3/c1-3-9-4-5(2)6(7)8/h2-4H2,1H3,(H,7,8)/p-1. The fourth-order valence-electron chi connectivity index (χ4n) is 0.284. The maximum absolute atomic E-state index is 9.91. The molecule has 9 heavy (non-hydrogen) atoms. The molecule has 0 N–H and O–H groups in total. The van der Waals surface area contributed by atoms with Crippen LogP contribution in [0.4, 0.5) is 0 Å². The lowest BCUT2D eigenvalue weighted by Crippen LogP contribution is -2.26. The second kappa shape index (κ2) is 4.09. The van der Waals surface area contributed by atoms with Crippen LogP contribution in [-0.2, 0) is 9.53 Å². The van der Waals surface area contributed by atoms with Crippen molar-refractivity contribution in [1.29, 1.82) is 0 Å². The van der Waals surface area contributed by atoms with E-state index < -0.39 is 5.97 Å². The van der Waals surface area contributed by atoms with Crippen LogP contribution in [0.2, 0.25) is 0 Å². The van der Waals surface area contributed by atoms with E-state index in [0.717, 1.165) is 0 Å². The van der Waals surface area contributed by atoms with Crippen molar-refractivity contribution in [3.63, 3.8) is 0 Å². The molecule has 0 aliphatic carbocycles. The SMILES string of the molecule is C=C(COCC)C(=O)[O-]. The van der Waals surface area contributed by atoms with Crippen molar-refractivity contribution < 1.29 is 14.6 Å². The maximum Gasteiger partial charge on any atom is 0.0728 e. The smallest absolute Gasteiger partial charge is 0.0728 e. The molecule has 0 fully saturated rings. The minimum atomic E-state index is -1.25. The Hall–Kier alpha value is -0.830. The molecule has 3 nitrogen and oxygen atoms in total. The summed E-state index contributed by atoms with van der Waals surface area (Å²) in [5.41, 5.74) is -0.0168. The van der Waals surface area contributed by atoms with E-state index >= 15 is 0 Å². The first-order valence-corrected chi connectivity index (χ1v) is 2.65. The van der Waals surface area contributed by atoms with Gasteiger partial charge in [-0.2, -0.15) is 0 Å². The number of carboxylic acids is 1. The van der Waals surface area contributed by atoms with E-state index in [-0.39, 0.29) is 12.2 Å². The van der Waals surface area contributed by atoms with Crippen molar-refractivity contribution in [3.05, 3.63) is 12.2 Å². The van der Waals surface area contributed by atoms with Crippen LogP contribution in [0, 0.1) is 0 Å². The number of carbonyl (C=O) groups is 1. The summed E-state index contributed by atoms with van der Waals surface area (Å²) in [5.74, 6) is -1.25. The number of aliphatic carboxylic acids is 1. The number of hydrogen-bond donors (Lipinski definition) is 0. The molecule has 0 heterocycles. The second-order valence-corrected chi connectivity index (χ2v) is 1.53. The summed E-state index contributed by atoms with van der Waals surface area (Å²) >= 11 is 0. The Morgan fingerprint density at radius 3 is 2.67 bits per heavy atom. The minimum Gasteiger partial charge on any atom is -0.545 e. The van der Waals surface area contributed by atoms with Crippen molar-refractivity contribution in [2.45, 2.75) is 6.92 Å². The van der Waals surface area contributed by atoms with Gasteiger partial charge in [-0.25, -0.2) is 0 Å². The molecule has 0 aromatic carbocycles. The predicted octanol–water partition coefficient (Wildman–Crippen LogP) is -0.671. The van der Waals surface area contributed by atoms with Crippen LogP contribution in [0.15, 0.2) is 12.2 Å². The van der Waals surface area contributed by atoms with Gasteiger partial charge < -0.3 is 14.6 Å². The zero-order valence-corrected chi connectivity index (χ0v) is 5.35. The van der Waals surface area contributed by atoms with Gasteiger partial charge in [-0.15, -0.1) is 0 Å². The van der Waals surface area contributed by atoms with E-state index in [9.17, 15) is 9.90 Å². The fourth-order valence-corrected chi connectivity index (χ4v) is 0.284. The van der Waals surface area contributed by atoms with Crippen molar-refractivity contribution >= 4 is 5.97 Å². The molecule has 0 spiro atoms. The van der Waals surface area contributed by atoms with Crippen molar-refractivity contribution in [1.82, 2.24) is 0 Å². The molecule has 0 radical (unpaired) electrons. The molecule has 3 heteroatoms. The first-order chi connectivity index (χ1) is 4.18. The highest BCUT2D eigenvalue weighted by Gasteiger charge is 1.91. The van der Waals surface area contributed by atoms with Gasteiger partial charge >= 0.3 is 0 Å². The van der Waals surface area contributed by atoms with Crippen molar-refractivity contribution in [2.75, 3.05) is 13.2 Å². The van der Waals surface area contributed by atoms with Gasteiger partial charge in [-0.3, -0.25) is 0 Å². The Labute approximate surface area is 53.9 Å². The average Bonchev–Trinajstić information content (AvgIpc) is 1.82. The summed E-state index contributed by atoms with van der Waals surface area (Å²) in [7, 11) is 0. The van der Waals surface area contributed by atoms with E-state index in [2.05, 4.69) is 6.58 Å². The molecular weight excluding hydrogens is 120 g/mol. The third kappa shape index (κ3) is 3.73. The summed E-state index contributed by atoms with van der Waals surface area (Å²) in [6.45, 7) is 5.53. The molecular formula is C6H9O3-. The van der Waals surface area contributed by atoms with Gasteiger partial charge in [0.1, 0.15) is 0 Å².